The maximum Gasteiger partial charge on any atom is 0.125 e. The number of imidazole rings is 1. The standard InChI is InChI=1S/C15H15ClN2O/c1-10-4-3-5-13-15(10)18(14(8-16)17-13)9-12-7-6-11(2)19-12/h3-7H,8-9H2,1-2H3. The Morgan fingerprint density at radius 2 is 2.05 bits per heavy atom. The van der Waals surface area contributed by atoms with Crippen molar-refractivity contribution >= 4 is 22.6 Å². The number of hydrogen-bond donors (Lipinski definition) is 0. The van der Waals surface area contributed by atoms with Crippen molar-refractivity contribution in [2.75, 3.05) is 0 Å². The maximum absolute atomic E-state index is 6.01. The van der Waals surface area contributed by atoms with Gasteiger partial charge in [-0.1, -0.05) is 12.1 Å². The Balaban J connectivity index is 2.15. The van der Waals surface area contributed by atoms with Crippen LogP contribution in [0.25, 0.3) is 11.0 Å². The molecule has 2 aromatic heterocycles. The van der Waals surface area contributed by atoms with E-state index < -0.39 is 0 Å². The van der Waals surface area contributed by atoms with Crippen molar-refractivity contribution in [3.8, 4) is 0 Å². The van der Waals surface area contributed by atoms with Gasteiger partial charge in [0.1, 0.15) is 17.3 Å². The third kappa shape index (κ3) is 2.15. The summed E-state index contributed by atoms with van der Waals surface area (Å²) >= 11 is 6.01. The van der Waals surface area contributed by atoms with Gasteiger partial charge in [0.05, 0.1) is 23.5 Å². The normalized spacial score (nSPS) is 11.3. The Bertz CT molecular complexity index is 727. The third-order valence-corrected chi connectivity index (χ3v) is 3.52. The number of para-hydroxylation sites is 1. The highest BCUT2D eigenvalue weighted by Crippen LogP contribution is 2.23. The summed E-state index contributed by atoms with van der Waals surface area (Å²) in [7, 11) is 0. The van der Waals surface area contributed by atoms with Crippen LogP contribution in [0.2, 0.25) is 0 Å². The molecule has 0 unspecified atom stereocenters. The van der Waals surface area contributed by atoms with Crippen LogP contribution in [0.1, 0.15) is 22.9 Å². The Labute approximate surface area is 116 Å². The van der Waals surface area contributed by atoms with Gasteiger partial charge in [0, 0.05) is 0 Å². The van der Waals surface area contributed by atoms with Crippen LogP contribution in [0.15, 0.2) is 34.7 Å². The summed E-state index contributed by atoms with van der Waals surface area (Å²) in [5.41, 5.74) is 3.32. The van der Waals surface area contributed by atoms with Crippen LogP contribution >= 0.6 is 11.6 Å². The Hall–Kier alpha value is -1.74. The van der Waals surface area contributed by atoms with Crippen LogP contribution < -0.4 is 0 Å². The fourth-order valence-corrected chi connectivity index (χ4v) is 2.62. The van der Waals surface area contributed by atoms with E-state index in [0.29, 0.717) is 12.4 Å². The zero-order chi connectivity index (χ0) is 13.4. The molecule has 0 aliphatic rings. The van der Waals surface area contributed by atoms with Gasteiger partial charge in [-0.2, -0.15) is 0 Å². The number of fused-ring (bicyclic) bond motifs is 1. The number of alkyl halides is 1. The first kappa shape index (κ1) is 12.3. The lowest BCUT2D eigenvalue weighted by Gasteiger charge is -2.07. The molecule has 3 aromatic rings. The Morgan fingerprint density at radius 3 is 2.74 bits per heavy atom. The van der Waals surface area contributed by atoms with Gasteiger partial charge in [0.15, 0.2) is 0 Å². The largest absolute Gasteiger partial charge is 0.464 e. The molecule has 0 radical (unpaired) electrons. The van der Waals surface area contributed by atoms with E-state index in [9.17, 15) is 0 Å². The van der Waals surface area contributed by atoms with E-state index in [1.807, 2.05) is 31.2 Å². The van der Waals surface area contributed by atoms with Crippen LogP contribution in [0.3, 0.4) is 0 Å². The smallest absolute Gasteiger partial charge is 0.125 e. The first-order valence-electron chi connectivity index (χ1n) is 6.25. The first-order valence-corrected chi connectivity index (χ1v) is 6.78. The van der Waals surface area contributed by atoms with Gasteiger partial charge in [0.25, 0.3) is 0 Å². The van der Waals surface area contributed by atoms with Crippen molar-refractivity contribution in [1.82, 2.24) is 9.55 Å². The van der Waals surface area contributed by atoms with Crippen molar-refractivity contribution in [2.24, 2.45) is 0 Å². The summed E-state index contributed by atoms with van der Waals surface area (Å²) in [4.78, 5) is 4.58. The van der Waals surface area contributed by atoms with Crippen molar-refractivity contribution in [1.29, 1.82) is 0 Å². The molecule has 4 heteroatoms. The average Bonchev–Trinajstić information content (AvgIpc) is 2.95. The quantitative estimate of drug-likeness (QED) is 0.675. The number of aryl methyl sites for hydroxylation is 2. The highest BCUT2D eigenvalue weighted by molar-refractivity contribution is 6.16. The summed E-state index contributed by atoms with van der Waals surface area (Å²) < 4.78 is 7.79. The first-order chi connectivity index (χ1) is 9.19. The molecule has 0 N–H and O–H groups in total. The van der Waals surface area contributed by atoms with E-state index in [2.05, 4.69) is 22.5 Å². The maximum atomic E-state index is 6.01. The molecule has 3 rings (SSSR count). The van der Waals surface area contributed by atoms with Crippen LogP contribution in [0, 0.1) is 13.8 Å². The van der Waals surface area contributed by atoms with E-state index in [1.54, 1.807) is 0 Å². The number of aromatic nitrogens is 2. The van der Waals surface area contributed by atoms with Crippen molar-refractivity contribution in [2.45, 2.75) is 26.3 Å². The van der Waals surface area contributed by atoms with E-state index >= 15 is 0 Å². The fraction of sp³-hybridized carbons (Fsp3) is 0.267. The lowest BCUT2D eigenvalue weighted by Crippen LogP contribution is -2.03. The molecule has 98 valence electrons. The molecule has 0 aliphatic heterocycles. The van der Waals surface area contributed by atoms with Crippen LogP contribution in [0.5, 0.6) is 0 Å². The molecule has 0 saturated heterocycles. The predicted octanol–water partition coefficient (Wildman–Crippen LogP) is 4.03. The molecule has 0 bridgehead atoms. The highest BCUT2D eigenvalue weighted by atomic mass is 35.5. The van der Waals surface area contributed by atoms with Crippen molar-refractivity contribution in [3.63, 3.8) is 0 Å². The molecule has 19 heavy (non-hydrogen) atoms. The summed E-state index contributed by atoms with van der Waals surface area (Å²) in [6.45, 7) is 4.70. The van der Waals surface area contributed by atoms with E-state index in [4.69, 9.17) is 16.0 Å². The SMILES string of the molecule is Cc1ccc(Cn2c(CCl)nc3cccc(C)c32)o1. The van der Waals surface area contributed by atoms with Crippen molar-refractivity contribution in [3.05, 3.63) is 53.2 Å². The number of nitrogens with zero attached hydrogens (tertiary/aromatic N) is 2. The molecule has 0 spiro atoms. The van der Waals surface area contributed by atoms with Crippen molar-refractivity contribution < 1.29 is 4.42 Å². The molecular weight excluding hydrogens is 260 g/mol. The molecule has 0 fully saturated rings. The molecule has 3 nitrogen and oxygen atoms in total. The van der Waals surface area contributed by atoms with E-state index in [1.165, 1.54) is 5.56 Å². The number of halogens is 1. The topological polar surface area (TPSA) is 31.0 Å². The molecule has 0 saturated carbocycles. The second-order valence-electron chi connectivity index (χ2n) is 4.70. The number of furan rings is 1. The molecule has 1 aromatic carbocycles. The zero-order valence-electron chi connectivity index (χ0n) is 11.0. The van der Waals surface area contributed by atoms with E-state index in [-0.39, 0.29) is 0 Å². The van der Waals surface area contributed by atoms with Crippen LogP contribution in [-0.4, -0.2) is 9.55 Å². The van der Waals surface area contributed by atoms with Gasteiger partial charge >= 0.3 is 0 Å². The van der Waals surface area contributed by atoms with Gasteiger partial charge in [-0.15, -0.1) is 11.6 Å². The third-order valence-electron chi connectivity index (χ3n) is 3.28. The van der Waals surface area contributed by atoms with Gasteiger partial charge in [-0.25, -0.2) is 4.98 Å². The molecule has 0 aliphatic carbocycles. The molecule has 0 amide bonds. The van der Waals surface area contributed by atoms with Gasteiger partial charge < -0.3 is 8.98 Å². The minimum absolute atomic E-state index is 0.397. The predicted molar refractivity (Wildman–Crippen MR) is 76.6 cm³/mol. The average molecular weight is 275 g/mol. The minimum atomic E-state index is 0.397. The minimum Gasteiger partial charge on any atom is -0.464 e. The number of rotatable bonds is 3. The lowest BCUT2D eigenvalue weighted by molar-refractivity contribution is 0.470. The van der Waals surface area contributed by atoms with Crippen LogP contribution in [0.4, 0.5) is 0 Å². The lowest BCUT2D eigenvalue weighted by atomic mass is 10.2. The van der Waals surface area contributed by atoms with Crippen LogP contribution in [-0.2, 0) is 12.4 Å². The Morgan fingerprint density at radius 1 is 1.21 bits per heavy atom. The highest BCUT2D eigenvalue weighted by Gasteiger charge is 2.13. The second-order valence-corrected chi connectivity index (χ2v) is 4.97. The molecule has 2 heterocycles. The fourth-order valence-electron chi connectivity index (χ4n) is 2.41. The summed E-state index contributed by atoms with van der Waals surface area (Å²) in [6.07, 6.45) is 0. The summed E-state index contributed by atoms with van der Waals surface area (Å²) in [5.74, 6) is 3.11. The number of hydrogen-bond acceptors (Lipinski definition) is 2. The van der Waals surface area contributed by atoms with E-state index in [0.717, 1.165) is 28.4 Å². The molecule has 0 atom stereocenters. The second kappa shape index (κ2) is 4.74. The molecular formula is C15H15ClN2O. The van der Waals surface area contributed by atoms with Gasteiger partial charge in [0.2, 0.25) is 0 Å². The number of benzene rings is 1. The Kier molecular flexibility index (Phi) is 3.07. The van der Waals surface area contributed by atoms with Gasteiger partial charge in [-0.3, -0.25) is 0 Å². The summed E-state index contributed by atoms with van der Waals surface area (Å²) in [5, 5.41) is 0. The van der Waals surface area contributed by atoms with Gasteiger partial charge in [-0.05, 0) is 37.6 Å². The zero-order valence-corrected chi connectivity index (χ0v) is 11.7. The monoisotopic (exact) mass is 274 g/mol. The summed E-state index contributed by atoms with van der Waals surface area (Å²) in [6, 6.07) is 10.1.